The molecule has 0 bridgehead atoms. The Morgan fingerprint density at radius 3 is 2.85 bits per heavy atom. The van der Waals surface area contributed by atoms with Crippen LogP contribution in [0.2, 0.25) is 0 Å². The summed E-state index contributed by atoms with van der Waals surface area (Å²) in [6, 6.07) is -0.371. The molecule has 142 valence electrons. The van der Waals surface area contributed by atoms with Gasteiger partial charge in [-0.15, -0.1) is 0 Å². The van der Waals surface area contributed by atoms with Crippen LogP contribution in [0.1, 0.15) is 32.7 Å². The van der Waals surface area contributed by atoms with Gasteiger partial charge in [-0.05, 0) is 18.3 Å². The van der Waals surface area contributed by atoms with Crippen LogP contribution in [0, 0.1) is 17.3 Å². The molecule has 9 heteroatoms. The normalized spacial score (nSPS) is 34.2. The van der Waals surface area contributed by atoms with Gasteiger partial charge in [-0.1, -0.05) is 32.0 Å². The number of thioether (sulfide) groups is 1. The highest BCUT2D eigenvalue weighted by Crippen LogP contribution is 2.67. The second-order valence-corrected chi connectivity index (χ2v) is 8.65. The molecule has 2 aliphatic carbocycles. The van der Waals surface area contributed by atoms with Crippen molar-refractivity contribution < 1.29 is 15.3 Å². The number of nitrogen functional groups attached to an aromatic ring is 1. The smallest absolute Gasteiger partial charge is 0.191 e. The molecule has 1 unspecified atom stereocenters. The van der Waals surface area contributed by atoms with Crippen molar-refractivity contribution in [3.63, 3.8) is 0 Å². The summed E-state index contributed by atoms with van der Waals surface area (Å²) >= 11 is 1.56. The van der Waals surface area contributed by atoms with Crippen LogP contribution in [0.3, 0.4) is 0 Å². The summed E-state index contributed by atoms with van der Waals surface area (Å²) in [6.45, 7) is 4.19. The molecule has 5 N–H and O–H groups in total. The van der Waals surface area contributed by atoms with E-state index < -0.39 is 17.6 Å². The van der Waals surface area contributed by atoms with Crippen LogP contribution in [0.25, 0.3) is 11.2 Å². The number of fused-ring (bicyclic) bond motifs is 2. The molecule has 26 heavy (non-hydrogen) atoms. The zero-order valence-electron chi connectivity index (χ0n) is 14.9. The van der Waals surface area contributed by atoms with Gasteiger partial charge in [0.05, 0.1) is 25.1 Å². The van der Waals surface area contributed by atoms with Crippen LogP contribution in [0.4, 0.5) is 5.82 Å². The summed E-state index contributed by atoms with van der Waals surface area (Å²) < 4.78 is 1.80. The van der Waals surface area contributed by atoms with Crippen molar-refractivity contribution in [1.29, 1.82) is 0 Å². The van der Waals surface area contributed by atoms with Gasteiger partial charge in [0.25, 0.3) is 0 Å². The number of imidazole rings is 1. The Bertz CT molecular complexity index is 830. The molecule has 0 saturated heterocycles. The lowest BCUT2D eigenvalue weighted by Crippen LogP contribution is -2.35. The van der Waals surface area contributed by atoms with E-state index in [0.717, 1.165) is 12.2 Å². The third-order valence-corrected chi connectivity index (χ3v) is 7.27. The summed E-state index contributed by atoms with van der Waals surface area (Å²) in [7, 11) is 0. The van der Waals surface area contributed by atoms with Gasteiger partial charge >= 0.3 is 0 Å². The predicted molar refractivity (Wildman–Crippen MR) is 98.6 cm³/mol. The van der Waals surface area contributed by atoms with E-state index in [0.29, 0.717) is 34.5 Å². The van der Waals surface area contributed by atoms with Crippen molar-refractivity contribution in [2.24, 2.45) is 17.3 Å². The third kappa shape index (κ3) is 2.52. The van der Waals surface area contributed by atoms with E-state index in [-0.39, 0.29) is 18.6 Å². The van der Waals surface area contributed by atoms with Gasteiger partial charge in [0.2, 0.25) is 0 Å². The quantitative estimate of drug-likeness (QED) is 0.429. The molecule has 2 heterocycles. The summed E-state index contributed by atoms with van der Waals surface area (Å²) in [5.74, 6) is 1.77. The number of aliphatic hydroxyl groups excluding tert-OH is 3. The SMILES string of the molecule is CC[C@H](C)CSc1nc(N)c2ncn([C@H]3C(O)[C@@H](O)[C@]4(CO)C[C@H]34)c2n1. The fourth-order valence-corrected chi connectivity index (χ4v) is 5.07. The number of hydrogen-bond acceptors (Lipinski definition) is 8. The van der Waals surface area contributed by atoms with Crippen LogP contribution in [0.5, 0.6) is 0 Å². The minimum absolute atomic E-state index is 0.00214. The molecule has 2 fully saturated rings. The molecule has 0 spiro atoms. The van der Waals surface area contributed by atoms with E-state index in [2.05, 4.69) is 28.8 Å². The maximum atomic E-state index is 10.5. The lowest BCUT2D eigenvalue weighted by Gasteiger charge is -2.23. The highest BCUT2D eigenvalue weighted by molar-refractivity contribution is 7.99. The van der Waals surface area contributed by atoms with Gasteiger partial charge in [0.1, 0.15) is 11.6 Å². The highest BCUT2D eigenvalue weighted by Gasteiger charge is 2.71. The van der Waals surface area contributed by atoms with Crippen molar-refractivity contribution in [2.45, 2.75) is 50.1 Å². The lowest BCUT2D eigenvalue weighted by atomic mass is 10.0. The topological polar surface area (TPSA) is 130 Å². The van der Waals surface area contributed by atoms with Crippen LogP contribution in [0.15, 0.2) is 11.5 Å². The Hall–Kier alpha value is -1.42. The van der Waals surface area contributed by atoms with Gasteiger partial charge in [0.15, 0.2) is 16.6 Å². The predicted octanol–water partition coefficient (Wildman–Crippen LogP) is 0.822. The summed E-state index contributed by atoms with van der Waals surface area (Å²) in [6.07, 6.45) is 1.46. The van der Waals surface area contributed by atoms with E-state index in [1.807, 2.05) is 0 Å². The van der Waals surface area contributed by atoms with Gasteiger partial charge in [-0.3, -0.25) is 0 Å². The van der Waals surface area contributed by atoms with Crippen molar-refractivity contribution in [2.75, 3.05) is 18.1 Å². The van der Waals surface area contributed by atoms with Crippen molar-refractivity contribution >= 4 is 28.7 Å². The van der Waals surface area contributed by atoms with Gasteiger partial charge in [0, 0.05) is 11.2 Å². The molecule has 6 atom stereocenters. The first kappa shape index (κ1) is 18.0. The van der Waals surface area contributed by atoms with Crippen LogP contribution in [-0.4, -0.2) is 59.4 Å². The summed E-state index contributed by atoms with van der Waals surface area (Å²) in [5.41, 5.74) is 6.54. The molecule has 2 saturated carbocycles. The first-order chi connectivity index (χ1) is 12.4. The van der Waals surface area contributed by atoms with Crippen LogP contribution < -0.4 is 5.73 Å². The van der Waals surface area contributed by atoms with Crippen LogP contribution >= 0.6 is 11.8 Å². The summed E-state index contributed by atoms with van der Waals surface area (Å²) in [5, 5.41) is 31.2. The number of anilines is 1. The Morgan fingerprint density at radius 1 is 1.42 bits per heavy atom. The second kappa shape index (κ2) is 6.33. The summed E-state index contributed by atoms with van der Waals surface area (Å²) in [4.78, 5) is 13.3. The number of nitrogens with two attached hydrogens (primary N) is 1. The second-order valence-electron chi connectivity index (χ2n) is 7.67. The fourth-order valence-electron chi connectivity index (χ4n) is 4.09. The maximum absolute atomic E-state index is 10.5. The first-order valence-electron chi connectivity index (χ1n) is 9.02. The van der Waals surface area contributed by atoms with Crippen LogP contribution in [-0.2, 0) is 0 Å². The van der Waals surface area contributed by atoms with Crippen molar-refractivity contribution in [3.8, 4) is 0 Å². The fraction of sp³-hybridized carbons (Fsp3) is 0.706. The molecule has 2 aromatic rings. The van der Waals surface area contributed by atoms with Crippen molar-refractivity contribution in [3.05, 3.63) is 6.33 Å². The Balaban J connectivity index is 1.69. The minimum atomic E-state index is -0.967. The molecule has 0 amide bonds. The molecule has 0 aromatic carbocycles. The van der Waals surface area contributed by atoms with Gasteiger partial charge < -0.3 is 25.6 Å². The van der Waals surface area contributed by atoms with Gasteiger partial charge in [-0.25, -0.2) is 15.0 Å². The average molecular weight is 379 g/mol. The first-order valence-corrected chi connectivity index (χ1v) is 10.0. The largest absolute Gasteiger partial charge is 0.396 e. The number of aromatic nitrogens is 4. The standard InChI is InChI=1S/C17H25N5O3S/c1-3-8(2)5-26-16-20-14(18)10-15(21-16)22(7-19-10)11-9-4-17(9,6-23)13(25)12(11)24/h7-9,11-13,23-25H,3-6H2,1-2H3,(H2,18,20,21)/t8-,9+,11+,12?,13+,17-/m0/s1. The zero-order chi connectivity index (χ0) is 18.6. The molecule has 8 nitrogen and oxygen atoms in total. The Kier molecular flexibility index (Phi) is 4.37. The monoisotopic (exact) mass is 379 g/mol. The molecule has 2 aromatic heterocycles. The highest BCUT2D eigenvalue weighted by atomic mass is 32.2. The molecule has 0 aliphatic heterocycles. The van der Waals surface area contributed by atoms with E-state index in [1.54, 1.807) is 22.7 Å². The molecular formula is C17H25N5O3S. The third-order valence-electron chi connectivity index (χ3n) is 6.09. The Labute approximate surface area is 155 Å². The zero-order valence-corrected chi connectivity index (χ0v) is 15.7. The maximum Gasteiger partial charge on any atom is 0.191 e. The number of nitrogens with zero attached hydrogens (tertiary/aromatic N) is 4. The Morgan fingerprint density at radius 2 is 2.19 bits per heavy atom. The number of aliphatic hydroxyl groups is 3. The minimum Gasteiger partial charge on any atom is -0.396 e. The number of hydrogen-bond donors (Lipinski definition) is 4. The molecule has 4 rings (SSSR count). The average Bonchev–Trinajstić information content (AvgIpc) is 3.15. The van der Waals surface area contributed by atoms with E-state index >= 15 is 0 Å². The van der Waals surface area contributed by atoms with Crippen molar-refractivity contribution in [1.82, 2.24) is 19.5 Å². The lowest BCUT2D eigenvalue weighted by molar-refractivity contribution is -0.0300. The van der Waals surface area contributed by atoms with E-state index in [9.17, 15) is 15.3 Å². The van der Waals surface area contributed by atoms with E-state index in [4.69, 9.17) is 5.73 Å². The number of rotatable bonds is 6. The van der Waals surface area contributed by atoms with Gasteiger partial charge in [-0.2, -0.15) is 0 Å². The molecule has 0 radical (unpaired) electrons. The van der Waals surface area contributed by atoms with E-state index in [1.165, 1.54) is 0 Å². The molecular weight excluding hydrogens is 354 g/mol. The molecule has 2 aliphatic rings.